The van der Waals surface area contributed by atoms with Crippen LogP contribution in [0.3, 0.4) is 0 Å². The van der Waals surface area contributed by atoms with E-state index in [1.807, 2.05) is 18.2 Å². The van der Waals surface area contributed by atoms with Crippen molar-refractivity contribution < 1.29 is 14.6 Å². The number of aliphatic hydroxyl groups excluding tert-OH is 1. The van der Waals surface area contributed by atoms with E-state index in [4.69, 9.17) is 20.3 Å². The summed E-state index contributed by atoms with van der Waals surface area (Å²) in [7, 11) is 0. The molecule has 3 N–H and O–H groups in total. The van der Waals surface area contributed by atoms with Crippen LogP contribution in [0.1, 0.15) is 25.3 Å². The number of hydrogen-bond acceptors (Lipinski definition) is 4. The Kier molecular flexibility index (Phi) is 4.09. The Bertz CT molecular complexity index is 408. The average Bonchev–Trinajstić information content (AvgIpc) is 2.63. The molecule has 0 spiro atoms. The predicted octanol–water partition coefficient (Wildman–Crippen LogP) is 1.45. The fourth-order valence-electron chi connectivity index (χ4n) is 2.15. The molecule has 1 heterocycles. The number of nitrogens with two attached hydrogens (primary N) is 1. The van der Waals surface area contributed by atoms with Crippen molar-refractivity contribution in [3.8, 4) is 11.5 Å². The topological polar surface area (TPSA) is 64.7 Å². The summed E-state index contributed by atoms with van der Waals surface area (Å²) in [6.45, 7) is 4.05. The number of rotatable bonds is 4. The van der Waals surface area contributed by atoms with Crippen molar-refractivity contribution in [1.82, 2.24) is 0 Å². The normalized spacial score (nSPS) is 17.9. The van der Waals surface area contributed by atoms with Gasteiger partial charge in [0.25, 0.3) is 0 Å². The third-order valence-electron chi connectivity index (χ3n) is 3.56. The molecule has 0 bridgehead atoms. The van der Waals surface area contributed by atoms with Gasteiger partial charge in [0.15, 0.2) is 11.5 Å². The summed E-state index contributed by atoms with van der Waals surface area (Å²) in [5.74, 6) is 1.57. The molecule has 4 nitrogen and oxygen atoms in total. The van der Waals surface area contributed by atoms with E-state index in [9.17, 15) is 0 Å². The molecule has 0 radical (unpaired) electrons. The van der Waals surface area contributed by atoms with Crippen molar-refractivity contribution in [2.75, 3.05) is 26.4 Å². The highest BCUT2D eigenvalue weighted by molar-refractivity contribution is 5.45. The number of ether oxygens (including phenoxy) is 2. The van der Waals surface area contributed by atoms with E-state index < -0.39 is 0 Å². The van der Waals surface area contributed by atoms with Crippen LogP contribution in [0, 0.1) is 0 Å². The highest BCUT2D eigenvalue weighted by atomic mass is 16.5. The van der Waals surface area contributed by atoms with Crippen molar-refractivity contribution >= 4 is 0 Å². The van der Waals surface area contributed by atoms with Gasteiger partial charge in [-0.1, -0.05) is 13.0 Å². The minimum Gasteiger partial charge on any atom is -0.490 e. The summed E-state index contributed by atoms with van der Waals surface area (Å²) in [5.41, 5.74) is 6.71. The second-order valence-corrected chi connectivity index (χ2v) is 4.95. The summed E-state index contributed by atoms with van der Waals surface area (Å²) in [6.07, 6.45) is 1.54. The van der Waals surface area contributed by atoms with E-state index in [-0.39, 0.29) is 12.0 Å². The maximum atomic E-state index is 9.17. The van der Waals surface area contributed by atoms with Gasteiger partial charge in [0.1, 0.15) is 0 Å². The Hall–Kier alpha value is -1.26. The molecule has 18 heavy (non-hydrogen) atoms. The van der Waals surface area contributed by atoms with Crippen LogP contribution in [-0.4, -0.2) is 31.5 Å². The van der Waals surface area contributed by atoms with Gasteiger partial charge in [0, 0.05) is 25.0 Å². The van der Waals surface area contributed by atoms with Gasteiger partial charge >= 0.3 is 0 Å². The van der Waals surface area contributed by atoms with E-state index in [0.29, 0.717) is 26.2 Å². The van der Waals surface area contributed by atoms with Crippen LogP contribution < -0.4 is 15.2 Å². The molecule has 1 atom stereocenters. The van der Waals surface area contributed by atoms with Crippen LogP contribution in [-0.2, 0) is 5.41 Å². The number of aliphatic hydroxyl groups is 1. The van der Waals surface area contributed by atoms with Crippen LogP contribution in [0.25, 0.3) is 0 Å². The molecule has 1 aromatic rings. The molecule has 0 fully saturated rings. The van der Waals surface area contributed by atoms with Crippen molar-refractivity contribution in [2.24, 2.45) is 5.73 Å². The van der Waals surface area contributed by atoms with Gasteiger partial charge in [-0.25, -0.2) is 0 Å². The van der Waals surface area contributed by atoms with Crippen LogP contribution in [0.4, 0.5) is 0 Å². The number of hydrogen-bond donors (Lipinski definition) is 2. The second kappa shape index (κ2) is 5.59. The maximum absolute atomic E-state index is 9.17. The Morgan fingerprint density at radius 3 is 2.67 bits per heavy atom. The smallest absolute Gasteiger partial charge is 0.161 e. The minimum atomic E-state index is -0.223. The van der Waals surface area contributed by atoms with Crippen LogP contribution in [0.2, 0.25) is 0 Å². The van der Waals surface area contributed by atoms with Gasteiger partial charge in [0.05, 0.1) is 13.2 Å². The first-order chi connectivity index (χ1) is 8.69. The zero-order valence-electron chi connectivity index (χ0n) is 10.8. The van der Waals surface area contributed by atoms with Crippen LogP contribution >= 0.6 is 0 Å². The van der Waals surface area contributed by atoms with E-state index >= 15 is 0 Å². The highest BCUT2D eigenvalue weighted by Gasteiger charge is 2.26. The fourth-order valence-corrected chi connectivity index (χ4v) is 2.15. The quantitative estimate of drug-likeness (QED) is 0.850. The SMILES string of the molecule is CC(CN)(CCO)c1ccc2c(c1)OCCCO2. The Morgan fingerprint density at radius 2 is 2.00 bits per heavy atom. The molecule has 4 heteroatoms. The summed E-state index contributed by atoms with van der Waals surface area (Å²) >= 11 is 0. The van der Waals surface area contributed by atoms with Gasteiger partial charge in [-0.05, 0) is 24.1 Å². The average molecular weight is 251 g/mol. The summed E-state index contributed by atoms with van der Waals surface area (Å²) in [5, 5.41) is 9.17. The van der Waals surface area contributed by atoms with Gasteiger partial charge < -0.3 is 20.3 Å². The van der Waals surface area contributed by atoms with Crippen LogP contribution in [0.5, 0.6) is 11.5 Å². The molecule has 0 saturated carbocycles. The first kappa shape index (κ1) is 13.2. The van der Waals surface area contributed by atoms with E-state index in [1.165, 1.54) is 0 Å². The number of fused-ring (bicyclic) bond motifs is 1. The zero-order valence-corrected chi connectivity index (χ0v) is 10.8. The first-order valence-electron chi connectivity index (χ1n) is 6.41. The van der Waals surface area contributed by atoms with Crippen molar-refractivity contribution in [2.45, 2.75) is 25.2 Å². The second-order valence-electron chi connectivity index (χ2n) is 4.95. The maximum Gasteiger partial charge on any atom is 0.161 e. The van der Waals surface area contributed by atoms with Gasteiger partial charge in [0.2, 0.25) is 0 Å². The van der Waals surface area contributed by atoms with Crippen LogP contribution in [0.15, 0.2) is 18.2 Å². The molecule has 100 valence electrons. The Balaban J connectivity index is 2.31. The molecular formula is C14H21NO3. The molecule has 1 aliphatic rings. The van der Waals surface area contributed by atoms with Gasteiger partial charge in [-0.15, -0.1) is 0 Å². The Morgan fingerprint density at radius 1 is 1.28 bits per heavy atom. The molecular weight excluding hydrogens is 230 g/mol. The molecule has 0 amide bonds. The largest absolute Gasteiger partial charge is 0.490 e. The summed E-state index contributed by atoms with van der Waals surface area (Å²) in [4.78, 5) is 0. The van der Waals surface area contributed by atoms with E-state index in [1.54, 1.807) is 0 Å². The van der Waals surface area contributed by atoms with E-state index in [2.05, 4.69) is 6.92 Å². The zero-order chi connectivity index (χ0) is 13.0. The first-order valence-corrected chi connectivity index (χ1v) is 6.41. The van der Waals surface area contributed by atoms with Gasteiger partial charge in [-0.3, -0.25) is 0 Å². The van der Waals surface area contributed by atoms with Gasteiger partial charge in [-0.2, -0.15) is 0 Å². The van der Waals surface area contributed by atoms with Crippen molar-refractivity contribution in [3.63, 3.8) is 0 Å². The molecule has 1 aliphatic heterocycles. The van der Waals surface area contributed by atoms with E-state index in [0.717, 1.165) is 23.5 Å². The third kappa shape index (κ3) is 2.60. The number of benzene rings is 1. The molecule has 1 unspecified atom stereocenters. The summed E-state index contributed by atoms with van der Waals surface area (Å²) < 4.78 is 11.3. The molecule has 0 saturated heterocycles. The lowest BCUT2D eigenvalue weighted by Gasteiger charge is -2.28. The standard InChI is InChI=1S/C14H21NO3/c1-14(10-15,5-6-16)11-3-4-12-13(9-11)18-8-2-7-17-12/h3-4,9,16H,2,5-8,10,15H2,1H3. The Labute approximate surface area is 108 Å². The molecule has 2 rings (SSSR count). The van der Waals surface area contributed by atoms with Crippen molar-refractivity contribution in [1.29, 1.82) is 0 Å². The molecule has 0 aromatic heterocycles. The third-order valence-corrected chi connectivity index (χ3v) is 3.56. The molecule has 0 aliphatic carbocycles. The molecule has 1 aromatic carbocycles. The van der Waals surface area contributed by atoms with Crippen molar-refractivity contribution in [3.05, 3.63) is 23.8 Å². The highest BCUT2D eigenvalue weighted by Crippen LogP contribution is 2.35. The minimum absolute atomic E-state index is 0.127. The lowest BCUT2D eigenvalue weighted by atomic mass is 9.79. The monoisotopic (exact) mass is 251 g/mol. The predicted molar refractivity (Wildman–Crippen MR) is 70.2 cm³/mol. The fraction of sp³-hybridized carbons (Fsp3) is 0.571. The lowest BCUT2D eigenvalue weighted by Crippen LogP contribution is -2.32. The summed E-state index contributed by atoms with van der Waals surface area (Å²) in [6, 6.07) is 5.93. The lowest BCUT2D eigenvalue weighted by molar-refractivity contribution is 0.246.